The van der Waals surface area contributed by atoms with Crippen molar-refractivity contribution >= 4 is 17.5 Å². The largest absolute Gasteiger partial charge is 0.348 e. The smallest absolute Gasteiger partial charge is 0.278 e. The summed E-state index contributed by atoms with van der Waals surface area (Å²) in [6.45, 7) is 4.04. The summed E-state index contributed by atoms with van der Waals surface area (Å²) in [5.41, 5.74) is 1.08. The Hall–Kier alpha value is -1.06. The van der Waals surface area contributed by atoms with Gasteiger partial charge in [-0.1, -0.05) is 42.6 Å². The van der Waals surface area contributed by atoms with Gasteiger partial charge >= 0.3 is 0 Å². The molecule has 1 aliphatic carbocycles. The minimum atomic E-state index is -0.0955. The highest BCUT2D eigenvalue weighted by Gasteiger charge is 2.24. The van der Waals surface area contributed by atoms with Gasteiger partial charge in [0, 0.05) is 16.6 Å². The van der Waals surface area contributed by atoms with E-state index in [9.17, 15) is 4.79 Å². The van der Waals surface area contributed by atoms with Gasteiger partial charge < -0.3 is 10.6 Å². The summed E-state index contributed by atoms with van der Waals surface area (Å²) in [4.78, 5) is 12.2. The van der Waals surface area contributed by atoms with Crippen molar-refractivity contribution in [2.45, 2.75) is 57.7 Å². The van der Waals surface area contributed by atoms with Crippen LogP contribution in [0.2, 0.25) is 5.02 Å². The molecule has 0 radical (unpaired) electrons. The lowest BCUT2D eigenvalue weighted by atomic mass is 10.1. The summed E-state index contributed by atoms with van der Waals surface area (Å²) in [5, 5.41) is 5.99. The number of quaternary nitrogens is 1. The molecule has 1 aromatic carbocycles. The number of hydrogen-bond donors (Lipinski definition) is 2. The van der Waals surface area contributed by atoms with E-state index < -0.39 is 0 Å². The molecule has 110 valence electrons. The molecule has 2 rings (SSSR count). The maximum Gasteiger partial charge on any atom is 0.278 e. The predicted octanol–water partition coefficient (Wildman–Crippen LogP) is 2.41. The van der Waals surface area contributed by atoms with Crippen LogP contribution < -0.4 is 10.6 Å². The summed E-state index contributed by atoms with van der Waals surface area (Å²) >= 11 is 6.20. The first-order valence-corrected chi connectivity index (χ1v) is 7.85. The third-order valence-electron chi connectivity index (χ3n) is 4.09. The van der Waals surface area contributed by atoms with Crippen LogP contribution in [0.3, 0.4) is 0 Å². The SMILES string of the molecule is C[C@H]([NH2+][C@H](C)c1ccccc1Cl)C(=O)NC1CCCC1. The fraction of sp³-hybridized carbons (Fsp3) is 0.562. The van der Waals surface area contributed by atoms with Gasteiger partial charge in [0.2, 0.25) is 0 Å². The molecule has 1 aromatic rings. The van der Waals surface area contributed by atoms with Crippen molar-refractivity contribution in [1.29, 1.82) is 0 Å². The zero-order valence-corrected chi connectivity index (χ0v) is 13.0. The number of hydrogen-bond acceptors (Lipinski definition) is 1. The lowest BCUT2D eigenvalue weighted by Crippen LogP contribution is -2.92. The number of halogens is 1. The Morgan fingerprint density at radius 1 is 1.30 bits per heavy atom. The first kappa shape index (κ1) is 15.3. The van der Waals surface area contributed by atoms with Crippen LogP contribution in [0.4, 0.5) is 0 Å². The fourth-order valence-corrected chi connectivity index (χ4v) is 3.18. The molecule has 0 aliphatic heterocycles. The van der Waals surface area contributed by atoms with Crippen LogP contribution in [0.25, 0.3) is 0 Å². The highest BCUT2D eigenvalue weighted by atomic mass is 35.5. The van der Waals surface area contributed by atoms with Crippen LogP contribution in [0.5, 0.6) is 0 Å². The average Bonchev–Trinajstić information content (AvgIpc) is 2.91. The Morgan fingerprint density at radius 2 is 1.95 bits per heavy atom. The predicted molar refractivity (Wildman–Crippen MR) is 81.7 cm³/mol. The Bertz CT molecular complexity index is 458. The van der Waals surface area contributed by atoms with E-state index in [4.69, 9.17) is 11.6 Å². The summed E-state index contributed by atoms with van der Waals surface area (Å²) < 4.78 is 0. The van der Waals surface area contributed by atoms with Gasteiger partial charge in [-0.2, -0.15) is 0 Å². The second kappa shape index (κ2) is 7.09. The van der Waals surface area contributed by atoms with E-state index >= 15 is 0 Å². The first-order valence-electron chi connectivity index (χ1n) is 7.47. The van der Waals surface area contributed by atoms with Gasteiger partial charge in [-0.05, 0) is 32.8 Å². The number of nitrogens with one attached hydrogen (secondary N) is 1. The number of nitrogens with two attached hydrogens (primary N) is 1. The van der Waals surface area contributed by atoms with Gasteiger partial charge in [0.05, 0.1) is 0 Å². The van der Waals surface area contributed by atoms with E-state index in [1.807, 2.05) is 31.2 Å². The van der Waals surface area contributed by atoms with Gasteiger partial charge in [-0.15, -0.1) is 0 Å². The van der Waals surface area contributed by atoms with Crippen LogP contribution in [0, 0.1) is 0 Å². The molecule has 1 saturated carbocycles. The number of benzene rings is 1. The molecule has 1 aliphatic rings. The van der Waals surface area contributed by atoms with Crippen LogP contribution in [-0.4, -0.2) is 18.0 Å². The lowest BCUT2D eigenvalue weighted by Gasteiger charge is -2.19. The average molecular weight is 296 g/mol. The van der Waals surface area contributed by atoms with E-state index in [0.717, 1.165) is 23.4 Å². The minimum Gasteiger partial charge on any atom is -0.348 e. The number of carbonyl (C=O) groups is 1. The third kappa shape index (κ3) is 3.97. The lowest BCUT2D eigenvalue weighted by molar-refractivity contribution is -0.710. The highest BCUT2D eigenvalue weighted by Crippen LogP contribution is 2.20. The molecule has 3 N–H and O–H groups in total. The zero-order valence-electron chi connectivity index (χ0n) is 12.2. The molecule has 0 bridgehead atoms. The molecule has 0 heterocycles. The molecular formula is C16H24ClN2O+. The normalized spacial score (nSPS) is 18.8. The minimum absolute atomic E-state index is 0.0955. The summed E-state index contributed by atoms with van der Waals surface area (Å²) in [5.74, 6) is 0.135. The Balaban J connectivity index is 1.88. The molecule has 0 unspecified atom stereocenters. The molecule has 1 amide bonds. The second-order valence-corrected chi connectivity index (χ2v) is 6.19. The van der Waals surface area contributed by atoms with Crippen molar-refractivity contribution in [3.63, 3.8) is 0 Å². The van der Waals surface area contributed by atoms with Gasteiger partial charge in [0.15, 0.2) is 6.04 Å². The Kier molecular flexibility index (Phi) is 5.44. The zero-order chi connectivity index (χ0) is 14.5. The first-order chi connectivity index (χ1) is 9.58. The molecule has 0 saturated heterocycles. The highest BCUT2D eigenvalue weighted by molar-refractivity contribution is 6.31. The van der Waals surface area contributed by atoms with Gasteiger partial charge in [-0.3, -0.25) is 4.79 Å². The molecule has 20 heavy (non-hydrogen) atoms. The molecule has 3 nitrogen and oxygen atoms in total. The number of amides is 1. The molecule has 2 atom stereocenters. The maximum atomic E-state index is 12.2. The molecule has 4 heteroatoms. The van der Waals surface area contributed by atoms with Crippen LogP contribution >= 0.6 is 11.6 Å². The van der Waals surface area contributed by atoms with Crippen molar-refractivity contribution < 1.29 is 10.1 Å². The van der Waals surface area contributed by atoms with Crippen LogP contribution in [-0.2, 0) is 4.79 Å². The summed E-state index contributed by atoms with van der Waals surface area (Å²) in [7, 11) is 0. The quantitative estimate of drug-likeness (QED) is 0.861. The monoisotopic (exact) mass is 295 g/mol. The standard InChI is InChI=1S/C16H23ClN2O/c1-11(14-9-5-6-10-15(14)17)18-12(2)16(20)19-13-7-3-4-8-13/h5-6,9-13,18H,3-4,7-8H2,1-2H3,(H,19,20)/p+1/t11-,12+/m1/s1. The number of carbonyl (C=O) groups excluding carboxylic acids is 1. The maximum absolute atomic E-state index is 12.2. The van der Waals surface area contributed by atoms with E-state index in [1.165, 1.54) is 12.8 Å². The van der Waals surface area contributed by atoms with Crippen molar-refractivity contribution in [2.75, 3.05) is 0 Å². The van der Waals surface area contributed by atoms with Gasteiger partial charge in [0.1, 0.15) is 6.04 Å². The van der Waals surface area contributed by atoms with Crippen molar-refractivity contribution in [1.82, 2.24) is 5.32 Å². The van der Waals surface area contributed by atoms with E-state index in [2.05, 4.69) is 17.6 Å². The molecule has 0 spiro atoms. The van der Waals surface area contributed by atoms with Crippen molar-refractivity contribution in [3.05, 3.63) is 34.9 Å². The van der Waals surface area contributed by atoms with E-state index in [0.29, 0.717) is 6.04 Å². The third-order valence-corrected chi connectivity index (χ3v) is 4.43. The topological polar surface area (TPSA) is 45.7 Å². The molecule has 1 fully saturated rings. The van der Waals surface area contributed by atoms with E-state index in [-0.39, 0.29) is 18.0 Å². The van der Waals surface area contributed by atoms with Gasteiger partial charge in [0.25, 0.3) is 5.91 Å². The number of rotatable bonds is 5. The molecular weight excluding hydrogens is 272 g/mol. The van der Waals surface area contributed by atoms with Crippen molar-refractivity contribution in [3.8, 4) is 0 Å². The van der Waals surface area contributed by atoms with Crippen molar-refractivity contribution in [2.24, 2.45) is 0 Å². The van der Waals surface area contributed by atoms with E-state index in [1.54, 1.807) is 0 Å². The van der Waals surface area contributed by atoms with Crippen LogP contribution in [0.15, 0.2) is 24.3 Å². The summed E-state index contributed by atoms with van der Waals surface area (Å²) in [6, 6.07) is 8.28. The van der Waals surface area contributed by atoms with Gasteiger partial charge in [-0.25, -0.2) is 0 Å². The Morgan fingerprint density at radius 3 is 2.60 bits per heavy atom. The summed E-state index contributed by atoms with van der Waals surface area (Å²) in [6.07, 6.45) is 4.72. The molecule has 0 aromatic heterocycles. The Labute approximate surface area is 126 Å². The van der Waals surface area contributed by atoms with Crippen LogP contribution in [0.1, 0.15) is 51.1 Å². The second-order valence-electron chi connectivity index (χ2n) is 5.78. The fourth-order valence-electron chi connectivity index (χ4n) is 2.87.